The molecule has 18 heavy (non-hydrogen) atoms. The number of carboxylic acid groups (broad SMARTS) is 1. The predicted octanol–water partition coefficient (Wildman–Crippen LogP) is 3.15. The third-order valence-corrected chi connectivity index (χ3v) is 3.57. The molecule has 0 bridgehead atoms. The molecule has 0 aromatic carbocycles. The van der Waals surface area contributed by atoms with Crippen LogP contribution in [-0.2, 0) is 6.42 Å². The van der Waals surface area contributed by atoms with Crippen LogP contribution in [-0.4, -0.2) is 22.6 Å². The van der Waals surface area contributed by atoms with E-state index in [1.54, 1.807) is 23.5 Å². The van der Waals surface area contributed by atoms with Crippen LogP contribution in [0.5, 0.6) is 0 Å². The molecule has 0 atom stereocenters. The highest BCUT2D eigenvalue weighted by atomic mass is 35.5. The number of pyridine rings is 1. The van der Waals surface area contributed by atoms with Gasteiger partial charge < -0.3 is 10.4 Å². The Hall–Kier alpha value is -1.59. The van der Waals surface area contributed by atoms with Crippen LogP contribution in [0.2, 0.25) is 4.34 Å². The smallest absolute Gasteiger partial charge is 0.354 e. The Morgan fingerprint density at radius 1 is 1.39 bits per heavy atom. The zero-order valence-corrected chi connectivity index (χ0v) is 11.0. The summed E-state index contributed by atoms with van der Waals surface area (Å²) in [4.78, 5) is 15.9. The summed E-state index contributed by atoms with van der Waals surface area (Å²) in [6.45, 7) is 0.687. The number of aromatic nitrogens is 1. The number of hydrogen-bond donors (Lipinski definition) is 2. The standard InChI is InChI=1S/C12H11ClN2O2S/c13-10-5-4-8(18-10)6-7-14-11-3-1-2-9(15-11)12(16)17/h1-5H,6-7H2,(H,14,15)(H,16,17). The van der Waals surface area contributed by atoms with E-state index in [9.17, 15) is 4.79 Å². The van der Waals surface area contributed by atoms with Crippen molar-refractivity contribution in [3.05, 3.63) is 45.2 Å². The molecule has 0 aliphatic rings. The molecule has 0 saturated heterocycles. The molecule has 0 amide bonds. The summed E-state index contributed by atoms with van der Waals surface area (Å²) >= 11 is 7.37. The second-order valence-electron chi connectivity index (χ2n) is 3.60. The molecule has 2 rings (SSSR count). The average molecular weight is 283 g/mol. The van der Waals surface area contributed by atoms with E-state index < -0.39 is 5.97 Å². The number of carboxylic acids is 1. The van der Waals surface area contributed by atoms with E-state index in [2.05, 4.69) is 10.3 Å². The molecule has 2 N–H and O–H groups in total. The first kappa shape index (κ1) is 12.9. The maximum atomic E-state index is 10.7. The maximum Gasteiger partial charge on any atom is 0.354 e. The van der Waals surface area contributed by atoms with Crippen molar-refractivity contribution < 1.29 is 9.90 Å². The third-order valence-electron chi connectivity index (χ3n) is 2.27. The molecule has 94 valence electrons. The third kappa shape index (κ3) is 3.45. The Labute approximate surface area is 113 Å². The van der Waals surface area contributed by atoms with Gasteiger partial charge in [0, 0.05) is 11.4 Å². The highest BCUT2D eigenvalue weighted by Crippen LogP contribution is 2.21. The number of nitrogens with zero attached hydrogens (tertiary/aromatic N) is 1. The number of carbonyl (C=O) groups is 1. The number of rotatable bonds is 5. The summed E-state index contributed by atoms with van der Waals surface area (Å²) in [5.41, 5.74) is 0.0409. The molecular formula is C12H11ClN2O2S. The molecule has 2 heterocycles. The highest BCUT2D eigenvalue weighted by molar-refractivity contribution is 7.16. The van der Waals surface area contributed by atoms with Gasteiger partial charge in [-0.05, 0) is 30.7 Å². The van der Waals surface area contributed by atoms with Crippen molar-refractivity contribution in [2.75, 3.05) is 11.9 Å². The average Bonchev–Trinajstić information content (AvgIpc) is 2.75. The van der Waals surface area contributed by atoms with Crippen molar-refractivity contribution in [3.8, 4) is 0 Å². The van der Waals surface area contributed by atoms with Crippen molar-refractivity contribution >= 4 is 34.7 Å². The summed E-state index contributed by atoms with van der Waals surface area (Å²) in [5.74, 6) is -0.457. The van der Waals surface area contributed by atoms with Gasteiger partial charge in [0.1, 0.15) is 5.82 Å². The number of anilines is 1. The van der Waals surface area contributed by atoms with Crippen LogP contribution in [0.4, 0.5) is 5.82 Å². The number of thiophene rings is 1. The molecule has 2 aromatic rings. The highest BCUT2D eigenvalue weighted by Gasteiger charge is 2.04. The molecule has 2 aromatic heterocycles. The van der Waals surface area contributed by atoms with Crippen molar-refractivity contribution in [1.29, 1.82) is 0 Å². The van der Waals surface area contributed by atoms with E-state index in [0.29, 0.717) is 12.4 Å². The van der Waals surface area contributed by atoms with Crippen molar-refractivity contribution in [3.63, 3.8) is 0 Å². The van der Waals surface area contributed by atoms with Crippen LogP contribution in [0.25, 0.3) is 0 Å². The zero-order valence-electron chi connectivity index (χ0n) is 9.39. The molecule has 4 nitrogen and oxygen atoms in total. The molecule has 0 saturated carbocycles. The van der Waals surface area contributed by atoms with E-state index in [1.165, 1.54) is 10.9 Å². The van der Waals surface area contributed by atoms with Gasteiger partial charge in [-0.1, -0.05) is 17.7 Å². The van der Waals surface area contributed by atoms with E-state index in [1.807, 2.05) is 12.1 Å². The van der Waals surface area contributed by atoms with Gasteiger partial charge in [0.05, 0.1) is 4.34 Å². The van der Waals surface area contributed by atoms with Gasteiger partial charge in [0.15, 0.2) is 5.69 Å². The lowest BCUT2D eigenvalue weighted by molar-refractivity contribution is 0.0690. The van der Waals surface area contributed by atoms with E-state index in [4.69, 9.17) is 16.7 Å². The van der Waals surface area contributed by atoms with Gasteiger partial charge >= 0.3 is 5.97 Å². The second kappa shape index (κ2) is 5.84. The fraction of sp³-hybridized carbons (Fsp3) is 0.167. The van der Waals surface area contributed by atoms with Crippen LogP contribution in [0.1, 0.15) is 15.4 Å². The van der Waals surface area contributed by atoms with Crippen LogP contribution < -0.4 is 5.32 Å². The minimum absolute atomic E-state index is 0.0409. The van der Waals surface area contributed by atoms with Gasteiger partial charge in [-0.3, -0.25) is 0 Å². The molecule has 6 heteroatoms. The minimum Gasteiger partial charge on any atom is -0.477 e. The summed E-state index contributed by atoms with van der Waals surface area (Å²) in [6, 6.07) is 8.72. The van der Waals surface area contributed by atoms with Gasteiger partial charge in [0.2, 0.25) is 0 Å². The zero-order chi connectivity index (χ0) is 13.0. The first-order valence-electron chi connectivity index (χ1n) is 5.33. The van der Waals surface area contributed by atoms with Crippen LogP contribution in [0, 0.1) is 0 Å². The number of hydrogen-bond acceptors (Lipinski definition) is 4. The Morgan fingerprint density at radius 3 is 2.89 bits per heavy atom. The lowest BCUT2D eigenvalue weighted by Crippen LogP contribution is -2.08. The van der Waals surface area contributed by atoms with Crippen LogP contribution in [0.3, 0.4) is 0 Å². The van der Waals surface area contributed by atoms with E-state index in [0.717, 1.165) is 10.8 Å². The Morgan fingerprint density at radius 2 is 2.22 bits per heavy atom. The molecule has 0 aliphatic heterocycles. The topological polar surface area (TPSA) is 62.2 Å². The van der Waals surface area contributed by atoms with Crippen molar-refractivity contribution in [2.45, 2.75) is 6.42 Å². The monoisotopic (exact) mass is 282 g/mol. The minimum atomic E-state index is -1.02. The fourth-order valence-electron chi connectivity index (χ4n) is 1.45. The van der Waals surface area contributed by atoms with Gasteiger partial charge in [-0.15, -0.1) is 11.3 Å². The Balaban J connectivity index is 1.90. The molecule has 0 radical (unpaired) electrons. The van der Waals surface area contributed by atoms with Gasteiger partial charge in [-0.25, -0.2) is 9.78 Å². The molecular weight excluding hydrogens is 272 g/mol. The number of halogens is 1. The summed E-state index contributed by atoms with van der Waals surface area (Å²) in [7, 11) is 0. The summed E-state index contributed by atoms with van der Waals surface area (Å²) in [6.07, 6.45) is 0.830. The number of aromatic carboxylic acids is 1. The quantitative estimate of drug-likeness (QED) is 0.884. The lowest BCUT2D eigenvalue weighted by atomic mass is 10.3. The summed E-state index contributed by atoms with van der Waals surface area (Å²) < 4.78 is 0.774. The van der Waals surface area contributed by atoms with E-state index >= 15 is 0 Å². The second-order valence-corrected chi connectivity index (χ2v) is 5.40. The molecule has 0 fully saturated rings. The maximum absolute atomic E-state index is 10.7. The first-order chi connectivity index (χ1) is 8.65. The van der Waals surface area contributed by atoms with Crippen molar-refractivity contribution in [1.82, 2.24) is 4.98 Å². The lowest BCUT2D eigenvalue weighted by Gasteiger charge is -2.04. The normalized spacial score (nSPS) is 10.3. The van der Waals surface area contributed by atoms with Crippen LogP contribution in [0.15, 0.2) is 30.3 Å². The van der Waals surface area contributed by atoms with Gasteiger partial charge in [0.25, 0.3) is 0 Å². The largest absolute Gasteiger partial charge is 0.477 e. The van der Waals surface area contributed by atoms with Gasteiger partial charge in [-0.2, -0.15) is 0 Å². The Kier molecular flexibility index (Phi) is 4.17. The molecule has 0 spiro atoms. The summed E-state index contributed by atoms with van der Waals surface area (Å²) in [5, 5.41) is 11.9. The SMILES string of the molecule is O=C(O)c1cccc(NCCc2ccc(Cl)s2)n1. The van der Waals surface area contributed by atoms with Crippen molar-refractivity contribution in [2.24, 2.45) is 0 Å². The predicted molar refractivity (Wildman–Crippen MR) is 72.7 cm³/mol. The Bertz CT molecular complexity index is 557. The number of nitrogens with one attached hydrogen (secondary N) is 1. The van der Waals surface area contributed by atoms with Crippen LogP contribution >= 0.6 is 22.9 Å². The fourth-order valence-corrected chi connectivity index (χ4v) is 2.54. The molecule has 0 aliphatic carbocycles. The first-order valence-corrected chi connectivity index (χ1v) is 6.53. The van der Waals surface area contributed by atoms with E-state index in [-0.39, 0.29) is 5.69 Å². The molecule has 0 unspecified atom stereocenters.